The summed E-state index contributed by atoms with van der Waals surface area (Å²) in [5.41, 5.74) is 6.77. The number of para-hydroxylation sites is 2. The van der Waals surface area contributed by atoms with E-state index in [4.69, 9.17) is 0 Å². The molecule has 0 saturated heterocycles. The number of nitrogens with zero attached hydrogens (tertiary/aromatic N) is 2. The molecule has 0 unspecified atom stereocenters. The topological polar surface area (TPSA) is 85.1 Å². The van der Waals surface area contributed by atoms with Gasteiger partial charge in [-0.15, -0.1) is 0 Å². The highest BCUT2D eigenvalue weighted by molar-refractivity contribution is 5.95. The number of nitrogens with one attached hydrogen (secondary N) is 2. The summed E-state index contributed by atoms with van der Waals surface area (Å²) in [7, 11) is 0. The van der Waals surface area contributed by atoms with Gasteiger partial charge in [0.15, 0.2) is 0 Å². The van der Waals surface area contributed by atoms with Crippen LogP contribution in [0.1, 0.15) is 30.1 Å². The summed E-state index contributed by atoms with van der Waals surface area (Å²) in [6, 6.07) is 16.2. The van der Waals surface area contributed by atoms with Gasteiger partial charge >= 0.3 is 5.69 Å². The third-order valence-electron chi connectivity index (χ3n) is 4.29. The molecule has 0 aliphatic heterocycles. The lowest BCUT2D eigenvalue weighted by molar-refractivity contribution is -0.122. The zero-order valence-electron chi connectivity index (χ0n) is 15.1. The predicted octanol–water partition coefficient (Wildman–Crippen LogP) is 2.06. The fourth-order valence-corrected chi connectivity index (χ4v) is 2.99. The van der Waals surface area contributed by atoms with Crippen LogP contribution >= 0.6 is 0 Å². The zero-order chi connectivity index (χ0) is 19.2. The third kappa shape index (κ3) is 4.08. The number of carbonyl (C=O) groups is 2. The number of amides is 2. The number of hydrazine groups is 1. The van der Waals surface area contributed by atoms with Gasteiger partial charge < -0.3 is 0 Å². The van der Waals surface area contributed by atoms with Crippen LogP contribution in [-0.4, -0.2) is 20.9 Å². The van der Waals surface area contributed by atoms with Crippen molar-refractivity contribution in [1.82, 2.24) is 20.0 Å². The molecule has 7 heteroatoms. The van der Waals surface area contributed by atoms with E-state index in [1.165, 1.54) is 0 Å². The number of carbonyl (C=O) groups excluding carboxylic acids is 2. The smallest absolute Gasteiger partial charge is 0.292 e. The molecule has 1 heterocycles. The summed E-state index contributed by atoms with van der Waals surface area (Å²) in [6.07, 6.45) is 0.926. The first-order valence-corrected chi connectivity index (χ1v) is 8.94. The van der Waals surface area contributed by atoms with Crippen molar-refractivity contribution in [2.24, 2.45) is 0 Å². The van der Waals surface area contributed by atoms with Crippen LogP contribution in [0.2, 0.25) is 0 Å². The predicted molar refractivity (Wildman–Crippen MR) is 103 cm³/mol. The molecule has 3 aromatic rings. The minimum absolute atomic E-state index is 0.0785. The molecular formula is C20H22N4O3. The molecule has 0 atom stereocenters. The lowest BCUT2D eigenvalue weighted by Gasteiger charge is -2.08. The second-order valence-electron chi connectivity index (χ2n) is 6.19. The summed E-state index contributed by atoms with van der Waals surface area (Å²) in [5, 5.41) is 0. The lowest BCUT2D eigenvalue weighted by atomic mass is 10.2. The summed E-state index contributed by atoms with van der Waals surface area (Å²) in [6.45, 7) is 2.89. The second kappa shape index (κ2) is 8.35. The molecule has 7 nitrogen and oxygen atoms in total. The van der Waals surface area contributed by atoms with Crippen LogP contribution in [0.5, 0.6) is 0 Å². The maximum Gasteiger partial charge on any atom is 0.329 e. The van der Waals surface area contributed by atoms with Crippen molar-refractivity contribution >= 4 is 22.8 Å². The van der Waals surface area contributed by atoms with Crippen LogP contribution in [0.25, 0.3) is 11.0 Å². The van der Waals surface area contributed by atoms with Crippen molar-refractivity contribution in [3.8, 4) is 0 Å². The van der Waals surface area contributed by atoms with E-state index >= 15 is 0 Å². The molecule has 0 spiro atoms. The Hall–Kier alpha value is -3.35. The molecule has 140 valence electrons. The molecule has 1 aromatic heterocycles. The molecule has 0 aliphatic carbocycles. The van der Waals surface area contributed by atoms with Crippen molar-refractivity contribution in [3.63, 3.8) is 0 Å². The standard InChI is InChI=1S/C20H22N4O3/c1-2-13-23-16-10-6-7-11-17(16)24(20(23)27)14-12-18(25)21-22-19(26)15-8-4-3-5-9-15/h3-11H,2,12-14H2,1H3,(H,21,25)(H,22,26). The van der Waals surface area contributed by atoms with Gasteiger partial charge in [0.25, 0.3) is 5.91 Å². The number of aromatic nitrogens is 2. The Balaban J connectivity index is 1.65. The highest BCUT2D eigenvalue weighted by atomic mass is 16.2. The monoisotopic (exact) mass is 366 g/mol. The minimum atomic E-state index is -0.388. The summed E-state index contributed by atoms with van der Waals surface area (Å²) >= 11 is 0. The van der Waals surface area contributed by atoms with Crippen molar-refractivity contribution in [2.75, 3.05) is 0 Å². The zero-order valence-corrected chi connectivity index (χ0v) is 15.1. The Morgan fingerprint density at radius 1 is 0.852 bits per heavy atom. The summed E-state index contributed by atoms with van der Waals surface area (Å²) in [4.78, 5) is 36.7. The summed E-state index contributed by atoms with van der Waals surface area (Å²) in [5.74, 6) is -0.751. The number of rotatable bonds is 6. The maximum atomic E-state index is 12.7. The molecule has 3 rings (SSSR count). The third-order valence-corrected chi connectivity index (χ3v) is 4.29. The Morgan fingerprint density at radius 2 is 1.44 bits per heavy atom. The Morgan fingerprint density at radius 3 is 2.07 bits per heavy atom. The molecular weight excluding hydrogens is 344 g/mol. The van der Waals surface area contributed by atoms with E-state index in [9.17, 15) is 14.4 Å². The number of aryl methyl sites for hydroxylation is 2. The van der Waals surface area contributed by atoms with Crippen LogP contribution in [0, 0.1) is 0 Å². The fraction of sp³-hybridized carbons (Fsp3) is 0.250. The second-order valence-corrected chi connectivity index (χ2v) is 6.19. The van der Waals surface area contributed by atoms with E-state index in [-0.39, 0.29) is 30.5 Å². The normalized spacial score (nSPS) is 10.7. The fourth-order valence-electron chi connectivity index (χ4n) is 2.99. The van der Waals surface area contributed by atoms with Gasteiger partial charge in [0.2, 0.25) is 5.91 Å². The number of hydrogen-bond donors (Lipinski definition) is 2. The van der Waals surface area contributed by atoms with Gasteiger partial charge in [-0.05, 0) is 30.7 Å². The van der Waals surface area contributed by atoms with Crippen molar-refractivity contribution in [2.45, 2.75) is 32.9 Å². The maximum absolute atomic E-state index is 12.7. The van der Waals surface area contributed by atoms with Crippen LogP contribution in [0.15, 0.2) is 59.4 Å². The highest BCUT2D eigenvalue weighted by Gasteiger charge is 2.13. The Bertz CT molecular complexity index is 1000. The number of fused-ring (bicyclic) bond motifs is 1. The lowest BCUT2D eigenvalue weighted by Crippen LogP contribution is -2.42. The number of hydrogen-bond acceptors (Lipinski definition) is 3. The first-order chi connectivity index (χ1) is 13.1. The van der Waals surface area contributed by atoms with E-state index in [0.717, 1.165) is 17.5 Å². The highest BCUT2D eigenvalue weighted by Crippen LogP contribution is 2.13. The average molecular weight is 366 g/mol. The van der Waals surface area contributed by atoms with Crippen LogP contribution in [0.4, 0.5) is 0 Å². The largest absolute Gasteiger partial charge is 0.329 e. The molecule has 2 amide bonds. The van der Waals surface area contributed by atoms with Crippen molar-refractivity contribution < 1.29 is 9.59 Å². The first kappa shape index (κ1) is 18.4. The van der Waals surface area contributed by atoms with Gasteiger partial charge in [-0.1, -0.05) is 37.3 Å². The Labute approximate surface area is 156 Å². The molecule has 0 saturated carbocycles. The van der Waals surface area contributed by atoms with Crippen LogP contribution < -0.4 is 16.5 Å². The van der Waals surface area contributed by atoms with Gasteiger partial charge in [-0.3, -0.25) is 29.6 Å². The van der Waals surface area contributed by atoms with Crippen molar-refractivity contribution in [3.05, 3.63) is 70.6 Å². The van der Waals surface area contributed by atoms with Gasteiger partial charge in [0.05, 0.1) is 11.0 Å². The van der Waals surface area contributed by atoms with Crippen LogP contribution in [0.3, 0.4) is 0 Å². The molecule has 0 fully saturated rings. The molecule has 0 aliphatic rings. The van der Waals surface area contributed by atoms with E-state index in [1.54, 1.807) is 33.4 Å². The first-order valence-electron chi connectivity index (χ1n) is 8.94. The molecule has 2 aromatic carbocycles. The van der Waals surface area contributed by atoms with E-state index in [1.807, 2.05) is 37.3 Å². The van der Waals surface area contributed by atoms with E-state index < -0.39 is 0 Å². The SMILES string of the molecule is CCCn1c(=O)n(CCC(=O)NNC(=O)c2ccccc2)c2ccccc21. The molecule has 27 heavy (non-hydrogen) atoms. The minimum Gasteiger partial charge on any atom is -0.292 e. The van der Waals surface area contributed by atoms with Gasteiger partial charge in [0.1, 0.15) is 0 Å². The Kier molecular flexibility index (Phi) is 5.71. The van der Waals surface area contributed by atoms with Gasteiger partial charge in [-0.2, -0.15) is 0 Å². The van der Waals surface area contributed by atoms with Crippen LogP contribution in [-0.2, 0) is 17.9 Å². The molecule has 2 N–H and O–H groups in total. The molecule has 0 radical (unpaired) electrons. The van der Waals surface area contributed by atoms with Gasteiger partial charge in [-0.25, -0.2) is 4.79 Å². The van der Waals surface area contributed by atoms with Gasteiger partial charge in [0, 0.05) is 25.1 Å². The summed E-state index contributed by atoms with van der Waals surface area (Å²) < 4.78 is 3.33. The quantitative estimate of drug-likeness (QED) is 0.655. The average Bonchev–Trinajstić information content (AvgIpc) is 2.97. The molecule has 0 bridgehead atoms. The van der Waals surface area contributed by atoms with E-state index in [0.29, 0.717) is 12.1 Å². The number of imidazole rings is 1. The van der Waals surface area contributed by atoms with Crippen molar-refractivity contribution in [1.29, 1.82) is 0 Å². The number of benzene rings is 2. The van der Waals surface area contributed by atoms with E-state index in [2.05, 4.69) is 10.9 Å².